The van der Waals surface area contributed by atoms with Crippen LogP contribution < -0.4 is 5.73 Å². The van der Waals surface area contributed by atoms with E-state index in [1.807, 2.05) is 0 Å². The molecule has 4 nitrogen and oxygen atoms in total. The van der Waals surface area contributed by atoms with Crippen molar-refractivity contribution in [1.29, 1.82) is 0 Å². The summed E-state index contributed by atoms with van der Waals surface area (Å²) >= 11 is 0. The van der Waals surface area contributed by atoms with Crippen molar-refractivity contribution in [1.82, 2.24) is 15.0 Å². The van der Waals surface area contributed by atoms with Crippen molar-refractivity contribution in [3.8, 4) is 0 Å². The molecule has 2 N–H and O–H groups in total. The fourth-order valence-electron chi connectivity index (χ4n) is 2.80. The average Bonchev–Trinajstić information content (AvgIpc) is 2.80. The lowest BCUT2D eigenvalue weighted by Gasteiger charge is -2.23. The van der Waals surface area contributed by atoms with Gasteiger partial charge in [0, 0.05) is 19.0 Å². The van der Waals surface area contributed by atoms with Gasteiger partial charge in [0.15, 0.2) is 0 Å². The van der Waals surface area contributed by atoms with Gasteiger partial charge in [-0.1, -0.05) is 37.8 Å². The van der Waals surface area contributed by atoms with Gasteiger partial charge in [0.1, 0.15) is 0 Å². The summed E-state index contributed by atoms with van der Waals surface area (Å²) < 4.78 is 2.11. The van der Waals surface area contributed by atoms with E-state index in [9.17, 15) is 0 Å². The minimum atomic E-state index is 0.526. The predicted octanol–water partition coefficient (Wildman–Crippen LogP) is 2.58. The average molecular weight is 236 g/mol. The molecule has 0 radical (unpaired) electrons. The second-order valence-electron chi connectivity index (χ2n) is 5.04. The van der Waals surface area contributed by atoms with Gasteiger partial charge in [-0.2, -0.15) is 0 Å². The number of hydrogen-bond acceptors (Lipinski definition) is 3. The van der Waals surface area contributed by atoms with Gasteiger partial charge in [-0.15, -0.1) is 5.10 Å². The quantitative estimate of drug-likeness (QED) is 0.855. The Hall–Kier alpha value is -0.900. The Kier molecular flexibility index (Phi) is 4.54. The van der Waals surface area contributed by atoms with Gasteiger partial charge in [-0.25, -0.2) is 4.68 Å². The molecule has 96 valence electrons. The highest BCUT2D eigenvalue weighted by atomic mass is 15.4. The number of aromatic nitrogens is 3. The van der Waals surface area contributed by atoms with Gasteiger partial charge < -0.3 is 5.73 Å². The molecule has 0 amide bonds. The van der Waals surface area contributed by atoms with Gasteiger partial charge in [-0.05, 0) is 19.3 Å². The molecule has 0 aliphatic heterocycles. The topological polar surface area (TPSA) is 56.7 Å². The normalized spacial score (nSPS) is 17.5. The summed E-state index contributed by atoms with van der Waals surface area (Å²) in [6.07, 6.45) is 9.00. The minimum absolute atomic E-state index is 0.526. The fourth-order valence-corrected chi connectivity index (χ4v) is 2.80. The number of unbranched alkanes of at least 4 members (excludes halogenated alkanes) is 1. The lowest BCUT2D eigenvalue weighted by molar-refractivity contribution is 0.408. The largest absolute Gasteiger partial charge is 0.325 e. The van der Waals surface area contributed by atoms with Crippen LogP contribution in [-0.2, 0) is 13.1 Å². The third-order valence-electron chi connectivity index (χ3n) is 3.76. The summed E-state index contributed by atoms with van der Waals surface area (Å²) in [5, 5.41) is 8.54. The van der Waals surface area contributed by atoms with Crippen LogP contribution in [-0.4, -0.2) is 15.0 Å². The molecule has 1 aliphatic rings. The zero-order valence-corrected chi connectivity index (χ0v) is 10.9. The van der Waals surface area contributed by atoms with Crippen molar-refractivity contribution < 1.29 is 0 Å². The lowest BCUT2D eigenvalue weighted by Crippen LogP contribution is -2.15. The SMILES string of the molecule is CCCCn1nnc(CN)c1C1CCCCC1. The van der Waals surface area contributed by atoms with E-state index < -0.39 is 0 Å². The molecule has 0 unspecified atom stereocenters. The molecule has 2 rings (SSSR count). The van der Waals surface area contributed by atoms with E-state index >= 15 is 0 Å². The van der Waals surface area contributed by atoms with E-state index in [1.54, 1.807) is 0 Å². The van der Waals surface area contributed by atoms with Gasteiger partial charge in [0.25, 0.3) is 0 Å². The Labute approximate surface area is 104 Å². The van der Waals surface area contributed by atoms with E-state index in [4.69, 9.17) is 5.73 Å². The monoisotopic (exact) mass is 236 g/mol. The van der Waals surface area contributed by atoms with Crippen molar-refractivity contribution in [2.75, 3.05) is 0 Å². The van der Waals surface area contributed by atoms with Crippen LogP contribution in [0, 0.1) is 0 Å². The summed E-state index contributed by atoms with van der Waals surface area (Å²) in [6, 6.07) is 0. The summed E-state index contributed by atoms with van der Waals surface area (Å²) in [7, 11) is 0. The van der Waals surface area contributed by atoms with Crippen LogP contribution in [0.15, 0.2) is 0 Å². The molecule has 4 heteroatoms. The third-order valence-corrected chi connectivity index (χ3v) is 3.76. The number of aryl methyl sites for hydroxylation is 1. The van der Waals surface area contributed by atoms with E-state index in [-0.39, 0.29) is 0 Å². The van der Waals surface area contributed by atoms with Crippen molar-refractivity contribution in [2.24, 2.45) is 5.73 Å². The summed E-state index contributed by atoms with van der Waals surface area (Å²) in [5.74, 6) is 0.647. The molecule has 17 heavy (non-hydrogen) atoms. The zero-order valence-electron chi connectivity index (χ0n) is 10.9. The molecule has 1 aliphatic carbocycles. The highest BCUT2D eigenvalue weighted by Crippen LogP contribution is 2.33. The molecule has 0 aromatic carbocycles. The van der Waals surface area contributed by atoms with Crippen LogP contribution in [0.1, 0.15) is 69.2 Å². The first-order valence-electron chi connectivity index (χ1n) is 6.99. The maximum Gasteiger partial charge on any atom is 0.0997 e. The summed E-state index contributed by atoms with van der Waals surface area (Å²) in [4.78, 5) is 0. The van der Waals surface area contributed by atoms with E-state index in [1.165, 1.54) is 50.6 Å². The second kappa shape index (κ2) is 6.15. The van der Waals surface area contributed by atoms with Crippen molar-refractivity contribution in [2.45, 2.75) is 70.9 Å². The maximum atomic E-state index is 5.78. The standard InChI is InChI=1S/C13H24N4/c1-2-3-9-17-13(12(10-14)15-16-17)11-7-5-4-6-8-11/h11H,2-10,14H2,1H3. The van der Waals surface area contributed by atoms with E-state index in [2.05, 4.69) is 21.9 Å². The Morgan fingerprint density at radius 2 is 2.06 bits per heavy atom. The van der Waals surface area contributed by atoms with Crippen molar-refractivity contribution in [3.63, 3.8) is 0 Å². The Bertz CT molecular complexity index is 339. The minimum Gasteiger partial charge on any atom is -0.325 e. The first-order chi connectivity index (χ1) is 8.36. The molecule has 0 saturated heterocycles. The lowest BCUT2D eigenvalue weighted by atomic mass is 9.86. The molecule has 0 bridgehead atoms. The second-order valence-corrected chi connectivity index (χ2v) is 5.04. The molecule has 1 heterocycles. The number of hydrogen-bond donors (Lipinski definition) is 1. The number of rotatable bonds is 5. The molecular formula is C13H24N4. The summed E-state index contributed by atoms with van der Waals surface area (Å²) in [5.41, 5.74) is 8.14. The van der Waals surface area contributed by atoms with Crippen molar-refractivity contribution in [3.05, 3.63) is 11.4 Å². The Morgan fingerprint density at radius 3 is 2.71 bits per heavy atom. The van der Waals surface area contributed by atoms with Crippen LogP contribution in [0.3, 0.4) is 0 Å². The first kappa shape index (κ1) is 12.6. The van der Waals surface area contributed by atoms with Crippen LogP contribution >= 0.6 is 0 Å². The van der Waals surface area contributed by atoms with E-state index in [0.29, 0.717) is 12.5 Å². The van der Waals surface area contributed by atoms with Crippen LogP contribution in [0.2, 0.25) is 0 Å². The summed E-state index contributed by atoms with van der Waals surface area (Å²) in [6.45, 7) is 3.73. The Morgan fingerprint density at radius 1 is 1.29 bits per heavy atom. The van der Waals surface area contributed by atoms with Gasteiger partial charge in [0.2, 0.25) is 0 Å². The Balaban J connectivity index is 2.17. The van der Waals surface area contributed by atoms with Gasteiger partial charge in [-0.3, -0.25) is 0 Å². The van der Waals surface area contributed by atoms with Gasteiger partial charge >= 0.3 is 0 Å². The van der Waals surface area contributed by atoms with Crippen LogP contribution in [0.25, 0.3) is 0 Å². The zero-order chi connectivity index (χ0) is 12.1. The van der Waals surface area contributed by atoms with Crippen molar-refractivity contribution >= 4 is 0 Å². The molecular weight excluding hydrogens is 212 g/mol. The number of nitrogens with zero attached hydrogens (tertiary/aromatic N) is 3. The van der Waals surface area contributed by atoms with Gasteiger partial charge in [0.05, 0.1) is 11.4 Å². The highest BCUT2D eigenvalue weighted by molar-refractivity contribution is 5.16. The van der Waals surface area contributed by atoms with Crippen LogP contribution in [0.5, 0.6) is 0 Å². The smallest absolute Gasteiger partial charge is 0.0997 e. The molecule has 0 atom stereocenters. The fraction of sp³-hybridized carbons (Fsp3) is 0.846. The molecule has 0 spiro atoms. The number of nitrogens with two attached hydrogens (primary N) is 1. The maximum absolute atomic E-state index is 5.78. The predicted molar refractivity (Wildman–Crippen MR) is 68.6 cm³/mol. The third kappa shape index (κ3) is 2.86. The molecule has 1 fully saturated rings. The van der Waals surface area contributed by atoms with Crippen LogP contribution in [0.4, 0.5) is 0 Å². The molecule has 1 saturated carbocycles. The molecule has 1 aromatic rings. The first-order valence-corrected chi connectivity index (χ1v) is 6.99. The molecule has 1 aromatic heterocycles. The van der Waals surface area contributed by atoms with E-state index in [0.717, 1.165) is 12.2 Å². The highest BCUT2D eigenvalue weighted by Gasteiger charge is 2.23.